The van der Waals surface area contributed by atoms with Crippen LogP contribution < -0.4 is 5.23 Å². The summed E-state index contributed by atoms with van der Waals surface area (Å²) in [6, 6.07) is 1.69. The molecule has 7 nitrogen and oxygen atoms in total. The fourth-order valence-electron chi connectivity index (χ4n) is 1.08. The third-order valence-electron chi connectivity index (χ3n) is 1.78. The first-order chi connectivity index (χ1) is 7.68. The lowest BCUT2D eigenvalue weighted by Crippen LogP contribution is -2.09. The van der Waals surface area contributed by atoms with E-state index in [9.17, 15) is 5.21 Å². The van der Waals surface area contributed by atoms with Crippen LogP contribution in [0.5, 0.6) is 0 Å². The molecule has 0 unspecified atom stereocenters. The molecule has 1 N–H and O–H groups in total. The van der Waals surface area contributed by atoms with E-state index in [1.165, 1.54) is 6.33 Å². The molecule has 0 atom stereocenters. The van der Waals surface area contributed by atoms with Crippen molar-refractivity contribution in [1.29, 1.82) is 0 Å². The third-order valence-corrected chi connectivity index (χ3v) is 2.83. The molecular weight excluding hydrogens is 230 g/mol. The first-order valence-electron chi connectivity index (χ1n) is 4.31. The van der Waals surface area contributed by atoms with Gasteiger partial charge in [-0.15, -0.1) is 0 Å². The van der Waals surface area contributed by atoms with Gasteiger partial charge in [0.25, 0.3) is 0 Å². The Kier molecular flexibility index (Phi) is 3.04. The molecule has 2 aromatic rings. The summed E-state index contributed by atoms with van der Waals surface area (Å²) in [6.45, 7) is 0. The van der Waals surface area contributed by atoms with E-state index in [4.69, 9.17) is 5.21 Å². The Hall–Kier alpha value is -1.64. The normalized spacial score (nSPS) is 10.4. The highest BCUT2D eigenvalue weighted by Gasteiger charge is 2.12. The molecule has 0 aromatic carbocycles. The highest BCUT2D eigenvalue weighted by Crippen LogP contribution is 2.31. The van der Waals surface area contributed by atoms with Gasteiger partial charge in [0, 0.05) is 19.4 Å². The van der Waals surface area contributed by atoms with Gasteiger partial charge in [-0.3, -0.25) is 5.21 Å². The van der Waals surface area contributed by atoms with Crippen LogP contribution in [0.2, 0.25) is 0 Å². The summed E-state index contributed by atoms with van der Waals surface area (Å²) in [5, 5.41) is 20.3. The van der Waals surface area contributed by atoms with E-state index in [-0.39, 0.29) is 11.0 Å². The molecule has 0 bridgehead atoms. The Labute approximate surface area is 95.3 Å². The van der Waals surface area contributed by atoms with Gasteiger partial charge in [-0.1, -0.05) is 0 Å². The summed E-state index contributed by atoms with van der Waals surface area (Å²) in [6.07, 6.45) is 4.63. The van der Waals surface area contributed by atoms with Crippen molar-refractivity contribution in [3.8, 4) is 0 Å². The molecule has 0 amide bonds. The molecule has 0 radical (unpaired) electrons. The molecule has 0 spiro atoms. The number of rotatable bonds is 3. The van der Waals surface area contributed by atoms with Crippen LogP contribution in [-0.4, -0.2) is 24.7 Å². The molecule has 16 heavy (non-hydrogen) atoms. The number of aryl methyl sites for hydroxylation is 1. The minimum atomic E-state index is -0.273. The van der Waals surface area contributed by atoms with E-state index in [1.54, 1.807) is 30.1 Å². The molecule has 0 fully saturated rings. The number of nitrogens with zero attached hydrogens (tertiary/aromatic N) is 5. The Morgan fingerprint density at radius 2 is 2.06 bits per heavy atom. The fourth-order valence-corrected chi connectivity index (χ4v) is 1.89. The van der Waals surface area contributed by atoms with Gasteiger partial charge >= 0.3 is 0 Å². The molecule has 0 aliphatic carbocycles. The van der Waals surface area contributed by atoms with E-state index in [0.29, 0.717) is 10.2 Å². The van der Waals surface area contributed by atoms with Crippen LogP contribution in [0, 0.1) is 5.21 Å². The first kappa shape index (κ1) is 10.9. The van der Waals surface area contributed by atoms with Crippen molar-refractivity contribution in [2.45, 2.75) is 10.2 Å². The molecule has 0 saturated carbocycles. The van der Waals surface area contributed by atoms with Gasteiger partial charge in [0.2, 0.25) is 0 Å². The van der Waals surface area contributed by atoms with E-state index in [2.05, 4.69) is 15.0 Å². The SMILES string of the molecule is Cn1cnc(N([O-])O)c1Sc1ncccn1. The van der Waals surface area contributed by atoms with Crippen molar-refractivity contribution in [2.24, 2.45) is 7.05 Å². The summed E-state index contributed by atoms with van der Waals surface area (Å²) < 4.78 is 1.61. The van der Waals surface area contributed by atoms with Gasteiger partial charge in [-0.05, 0) is 17.8 Å². The standard InChI is InChI=1S/C8H8N5O2S/c1-12-5-11-6(13(14)15)7(12)16-8-9-3-2-4-10-8/h2-5,14H,1H3/q-1. The maximum atomic E-state index is 10.8. The van der Waals surface area contributed by atoms with Crippen molar-refractivity contribution in [1.82, 2.24) is 19.5 Å². The zero-order valence-electron chi connectivity index (χ0n) is 8.31. The van der Waals surface area contributed by atoms with Gasteiger partial charge in [0.15, 0.2) is 11.0 Å². The van der Waals surface area contributed by atoms with Crippen LogP contribution in [0.25, 0.3) is 0 Å². The van der Waals surface area contributed by atoms with Gasteiger partial charge < -0.3 is 15.0 Å². The van der Waals surface area contributed by atoms with Crippen LogP contribution in [0.1, 0.15) is 0 Å². The van der Waals surface area contributed by atoms with Gasteiger partial charge in [0.05, 0.1) is 6.33 Å². The van der Waals surface area contributed by atoms with Gasteiger partial charge in [0.1, 0.15) is 5.03 Å². The minimum Gasteiger partial charge on any atom is -0.732 e. The highest BCUT2D eigenvalue weighted by atomic mass is 32.2. The summed E-state index contributed by atoms with van der Waals surface area (Å²) in [5.41, 5.74) is 0. The Balaban J connectivity index is 2.31. The quantitative estimate of drug-likeness (QED) is 0.631. The third kappa shape index (κ3) is 2.13. The Morgan fingerprint density at radius 3 is 2.69 bits per heavy atom. The zero-order valence-corrected chi connectivity index (χ0v) is 9.13. The number of hydrogen-bond acceptors (Lipinski definition) is 7. The van der Waals surface area contributed by atoms with Crippen LogP contribution in [-0.2, 0) is 7.05 Å². The van der Waals surface area contributed by atoms with Crippen LogP contribution in [0.15, 0.2) is 35.0 Å². The largest absolute Gasteiger partial charge is 0.732 e. The minimum absolute atomic E-state index is 0.0695. The molecule has 0 saturated heterocycles. The van der Waals surface area contributed by atoms with E-state index < -0.39 is 0 Å². The summed E-state index contributed by atoms with van der Waals surface area (Å²) >= 11 is 1.15. The smallest absolute Gasteiger partial charge is 0.193 e. The fraction of sp³-hybridized carbons (Fsp3) is 0.125. The van der Waals surface area contributed by atoms with Crippen LogP contribution in [0.3, 0.4) is 0 Å². The molecule has 2 heterocycles. The predicted molar refractivity (Wildman–Crippen MR) is 57.0 cm³/mol. The Morgan fingerprint density at radius 1 is 1.38 bits per heavy atom. The maximum absolute atomic E-state index is 10.8. The van der Waals surface area contributed by atoms with Gasteiger partial charge in [-0.25, -0.2) is 15.0 Å². The van der Waals surface area contributed by atoms with Crippen molar-refractivity contribution < 1.29 is 5.21 Å². The van der Waals surface area contributed by atoms with Crippen molar-refractivity contribution in [2.75, 3.05) is 5.23 Å². The first-order valence-corrected chi connectivity index (χ1v) is 5.12. The second-order valence-electron chi connectivity index (χ2n) is 2.89. The number of hydrogen-bond donors (Lipinski definition) is 1. The van der Waals surface area contributed by atoms with Crippen LogP contribution in [0.4, 0.5) is 5.82 Å². The lowest BCUT2D eigenvalue weighted by atomic mass is 10.7. The molecule has 2 aromatic heterocycles. The number of imidazole rings is 1. The topological polar surface area (TPSA) is 90.1 Å². The second-order valence-corrected chi connectivity index (χ2v) is 3.85. The lowest BCUT2D eigenvalue weighted by Gasteiger charge is -2.19. The number of anilines is 1. The number of aromatic nitrogens is 4. The Bertz CT molecular complexity index is 473. The van der Waals surface area contributed by atoms with Crippen molar-refractivity contribution >= 4 is 17.6 Å². The van der Waals surface area contributed by atoms with E-state index in [0.717, 1.165) is 11.8 Å². The van der Waals surface area contributed by atoms with E-state index in [1.807, 2.05) is 0 Å². The zero-order chi connectivity index (χ0) is 11.5. The maximum Gasteiger partial charge on any atom is 0.193 e. The van der Waals surface area contributed by atoms with Crippen molar-refractivity contribution in [3.05, 3.63) is 30.0 Å². The molecule has 0 aliphatic rings. The molecule has 8 heteroatoms. The predicted octanol–water partition coefficient (Wildman–Crippen LogP) is 1.05. The molecule has 2 rings (SSSR count). The second kappa shape index (κ2) is 4.47. The molecule has 0 aliphatic heterocycles. The van der Waals surface area contributed by atoms with Gasteiger partial charge in [-0.2, -0.15) is 0 Å². The monoisotopic (exact) mass is 238 g/mol. The molecular formula is C8H8N5O2S-. The van der Waals surface area contributed by atoms with Crippen LogP contribution >= 0.6 is 11.8 Å². The average Bonchev–Trinajstić information content (AvgIpc) is 2.62. The summed E-state index contributed by atoms with van der Waals surface area (Å²) in [5.74, 6) is -0.0695. The lowest BCUT2D eigenvalue weighted by molar-refractivity contribution is 0.291. The highest BCUT2D eigenvalue weighted by molar-refractivity contribution is 7.99. The summed E-state index contributed by atoms with van der Waals surface area (Å²) in [4.78, 5) is 11.8. The van der Waals surface area contributed by atoms with Crippen molar-refractivity contribution in [3.63, 3.8) is 0 Å². The average molecular weight is 238 g/mol. The van der Waals surface area contributed by atoms with E-state index >= 15 is 0 Å². The summed E-state index contributed by atoms with van der Waals surface area (Å²) in [7, 11) is 1.71. The molecule has 84 valence electrons.